The Kier molecular flexibility index (Phi) is 6.22. The van der Waals surface area contributed by atoms with Crippen LogP contribution in [0, 0.1) is 0 Å². The molecule has 2 aromatic carbocycles. The van der Waals surface area contributed by atoms with Crippen LogP contribution in [0.4, 0.5) is 13.2 Å². The van der Waals surface area contributed by atoms with Gasteiger partial charge in [-0.25, -0.2) is 0 Å². The number of benzene rings is 2. The number of halogens is 3. The Morgan fingerprint density at radius 1 is 0.957 bits per heavy atom. The molecule has 4 heteroatoms. The summed E-state index contributed by atoms with van der Waals surface area (Å²) in [6, 6.07) is 16.0. The fraction of sp³-hybridized carbons (Fsp3) is 0.368. The van der Waals surface area contributed by atoms with Crippen molar-refractivity contribution in [2.45, 2.75) is 38.4 Å². The maximum atomic E-state index is 12.7. The van der Waals surface area contributed by atoms with Crippen molar-refractivity contribution in [3.05, 3.63) is 71.3 Å². The van der Waals surface area contributed by atoms with Crippen molar-refractivity contribution in [2.75, 3.05) is 6.54 Å². The number of nitrogens with one attached hydrogen (secondary N) is 1. The van der Waals surface area contributed by atoms with Gasteiger partial charge < -0.3 is 5.32 Å². The van der Waals surface area contributed by atoms with Gasteiger partial charge in [0.25, 0.3) is 0 Å². The second-order valence-electron chi connectivity index (χ2n) is 5.85. The molecule has 0 bridgehead atoms. The highest BCUT2D eigenvalue weighted by molar-refractivity contribution is 5.26. The van der Waals surface area contributed by atoms with E-state index >= 15 is 0 Å². The van der Waals surface area contributed by atoms with Gasteiger partial charge in [-0.15, -0.1) is 0 Å². The molecule has 0 aliphatic rings. The third kappa shape index (κ3) is 6.06. The van der Waals surface area contributed by atoms with Gasteiger partial charge in [0.05, 0.1) is 5.56 Å². The molecule has 1 atom stereocenters. The van der Waals surface area contributed by atoms with Gasteiger partial charge in [-0.2, -0.15) is 13.2 Å². The lowest BCUT2D eigenvalue weighted by Crippen LogP contribution is -2.29. The van der Waals surface area contributed by atoms with Crippen molar-refractivity contribution in [2.24, 2.45) is 0 Å². The van der Waals surface area contributed by atoms with Crippen molar-refractivity contribution >= 4 is 0 Å². The molecule has 0 radical (unpaired) electrons. The molecule has 1 N–H and O–H groups in total. The van der Waals surface area contributed by atoms with E-state index in [2.05, 4.69) is 17.4 Å². The molecule has 23 heavy (non-hydrogen) atoms. The Labute approximate surface area is 135 Å². The molecule has 0 fully saturated rings. The average molecular weight is 321 g/mol. The zero-order valence-electron chi connectivity index (χ0n) is 13.2. The monoisotopic (exact) mass is 321 g/mol. The molecule has 0 saturated heterocycles. The predicted octanol–water partition coefficient (Wildman–Crippen LogP) is 4.86. The molecule has 124 valence electrons. The van der Waals surface area contributed by atoms with Crippen LogP contribution in [-0.4, -0.2) is 12.6 Å². The van der Waals surface area contributed by atoms with Crippen molar-refractivity contribution in [3.8, 4) is 0 Å². The third-order valence-electron chi connectivity index (χ3n) is 3.77. The lowest BCUT2D eigenvalue weighted by molar-refractivity contribution is -0.137. The summed E-state index contributed by atoms with van der Waals surface area (Å²) in [5, 5.41) is 3.38. The topological polar surface area (TPSA) is 12.0 Å². The van der Waals surface area contributed by atoms with Crippen LogP contribution >= 0.6 is 0 Å². The molecule has 0 unspecified atom stereocenters. The van der Waals surface area contributed by atoms with Gasteiger partial charge in [0, 0.05) is 6.04 Å². The molecule has 0 spiro atoms. The van der Waals surface area contributed by atoms with E-state index in [1.807, 2.05) is 25.1 Å². The highest BCUT2D eigenvalue weighted by Gasteiger charge is 2.30. The van der Waals surface area contributed by atoms with E-state index in [0.29, 0.717) is 12.0 Å². The van der Waals surface area contributed by atoms with Crippen molar-refractivity contribution in [1.29, 1.82) is 0 Å². The van der Waals surface area contributed by atoms with Crippen LogP contribution in [0.1, 0.15) is 30.0 Å². The molecule has 0 aromatic heterocycles. The Hall–Kier alpha value is -1.81. The van der Waals surface area contributed by atoms with Gasteiger partial charge in [0.2, 0.25) is 0 Å². The van der Waals surface area contributed by atoms with Crippen LogP contribution in [-0.2, 0) is 19.0 Å². The first kappa shape index (κ1) is 17.5. The second kappa shape index (κ2) is 8.16. The number of rotatable bonds is 7. The zero-order valence-corrected chi connectivity index (χ0v) is 13.2. The molecular weight excluding hydrogens is 299 g/mol. The predicted molar refractivity (Wildman–Crippen MR) is 87.4 cm³/mol. The van der Waals surface area contributed by atoms with Gasteiger partial charge >= 0.3 is 6.18 Å². The zero-order chi connectivity index (χ0) is 16.7. The highest BCUT2D eigenvalue weighted by atomic mass is 19.4. The van der Waals surface area contributed by atoms with E-state index in [4.69, 9.17) is 0 Å². The number of hydrogen-bond acceptors (Lipinski definition) is 1. The lowest BCUT2D eigenvalue weighted by atomic mass is 10.0. The minimum atomic E-state index is -4.28. The Morgan fingerprint density at radius 3 is 2.35 bits per heavy atom. The van der Waals surface area contributed by atoms with E-state index in [1.54, 1.807) is 6.07 Å². The molecule has 2 rings (SSSR count). The first-order valence-electron chi connectivity index (χ1n) is 7.88. The Morgan fingerprint density at radius 2 is 1.65 bits per heavy atom. The molecule has 0 amide bonds. The normalized spacial score (nSPS) is 13.0. The quantitative estimate of drug-likeness (QED) is 0.718. The smallest absolute Gasteiger partial charge is 0.314 e. The molecule has 2 aromatic rings. The molecule has 0 aliphatic heterocycles. The van der Waals surface area contributed by atoms with Crippen LogP contribution in [0.3, 0.4) is 0 Å². The van der Waals surface area contributed by atoms with E-state index in [9.17, 15) is 13.2 Å². The molecule has 0 heterocycles. The standard InChI is InChI=1S/C19H22F3N/c1-15(23-12-6-10-16-7-3-2-4-8-16)13-17-9-5-11-18(14-17)19(20,21)22/h2-5,7-9,11,14-15,23H,6,10,12-13H2,1H3/t15-/m0/s1. The van der Waals surface area contributed by atoms with E-state index in [-0.39, 0.29) is 6.04 Å². The van der Waals surface area contributed by atoms with E-state index < -0.39 is 11.7 Å². The van der Waals surface area contributed by atoms with Gasteiger partial charge in [-0.1, -0.05) is 48.5 Å². The van der Waals surface area contributed by atoms with Gasteiger partial charge in [0.1, 0.15) is 0 Å². The van der Waals surface area contributed by atoms with Gasteiger partial charge in [-0.05, 0) is 49.9 Å². The third-order valence-corrected chi connectivity index (χ3v) is 3.77. The number of alkyl halides is 3. The molecule has 0 aliphatic carbocycles. The van der Waals surface area contributed by atoms with Crippen LogP contribution < -0.4 is 5.32 Å². The summed E-state index contributed by atoms with van der Waals surface area (Å²) in [5.74, 6) is 0. The molecule has 1 nitrogen and oxygen atoms in total. The fourth-order valence-electron chi connectivity index (χ4n) is 2.59. The van der Waals surface area contributed by atoms with Gasteiger partial charge in [0.15, 0.2) is 0 Å². The van der Waals surface area contributed by atoms with Crippen LogP contribution in [0.2, 0.25) is 0 Å². The Balaban J connectivity index is 1.75. The summed E-state index contributed by atoms with van der Waals surface area (Å²) < 4.78 is 38.1. The van der Waals surface area contributed by atoms with Gasteiger partial charge in [-0.3, -0.25) is 0 Å². The summed E-state index contributed by atoms with van der Waals surface area (Å²) in [6.45, 7) is 2.86. The first-order chi connectivity index (χ1) is 10.9. The largest absolute Gasteiger partial charge is 0.416 e. The summed E-state index contributed by atoms with van der Waals surface area (Å²) in [6.07, 6.45) is -1.67. The lowest BCUT2D eigenvalue weighted by Gasteiger charge is -2.15. The van der Waals surface area contributed by atoms with Crippen molar-refractivity contribution in [1.82, 2.24) is 5.32 Å². The van der Waals surface area contributed by atoms with Crippen molar-refractivity contribution in [3.63, 3.8) is 0 Å². The number of aryl methyl sites for hydroxylation is 1. The highest BCUT2D eigenvalue weighted by Crippen LogP contribution is 2.29. The second-order valence-corrected chi connectivity index (χ2v) is 5.85. The summed E-state index contributed by atoms with van der Waals surface area (Å²) in [4.78, 5) is 0. The van der Waals surface area contributed by atoms with E-state index in [0.717, 1.165) is 25.5 Å². The van der Waals surface area contributed by atoms with Crippen molar-refractivity contribution < 1.29 is 13.2 Å². The minimum Gasteiger partial charge on any atom is -0.314 e. The summed E-state index contributed by atoms with van der Waals surface area (Å²) in [5.41, 5.74) is 1.44. The Bertz CT molecular complexity index is 593. The van der Waals surface area contributed by atoms with E-state index in [1.165, 1.54) is 17.7 Å². The maximum absolute atomic E-state index is 12.7. The minimum absolute atomic E-state index is 0.147. The van der Waals surface area contributed by atoms with Crippen LogP contribution in [0.15, 0.2) is 54.6 Å². The summed E-state index contributed by atoms with van der Waals surface area (Å²) in [7, 11) is 0. The molecular formula is C19H22F3N. The summed E-state index contributed by atoms with van der Waals surface area (Å²) >= 11 is 0. The first-order valence-corrected chi connectivity index (χ1v) is 7.88. The number of hydrogen-bond donors (Lipinski definition) is 1. The molecule has 0 saturated carbocycles. The SMILES string of the molecule is C[C@@H](Cc1cccc(C(F)(F)F)c1)NCCCc1ccccc1. The van der Waals surface area contributed by atoms with Crippen LogP contribution in [0.5, 0.6) is 0 Å². The maximum Gasteiger partial charge on any atom is 0.416 e. The van der Waals surface area contributed by atoms with Crippen LogP contribution in [0.25, 0.3) is 0 Å². The fourth-order valence-corrected chi connectivity index (χ4v) is 2.59. The average Bonchev–Trinajstić information content (AvgIpc) is 2.52.